The summed E-state index contributed by atoms with van der Waals surface area (Å²) >= 11 is 0. The molecule has 4 rings (SSSR count). The number of carboxylic acids is 1. The molecule has 1 aliphatic carbocycles. The second-order valence-corrected chi connectivity index (χ2v) is 8.27. The third-order valence-electron chi connectivity index (χ3n) is 5.91. The molecule has 0 saturated heterocycles. The first kappa shape index (κ1) is 23.9. The highest BCUT2D eigenvalue weighted by atomic mass is 16.5. The van der Waals surface area contributed by atoms with Crippen molar-refractivity contribution in [2.45, 2.75) is 38.3 Å². The molecule has 35 heavy (non-hydrogen) atoms. The van der Waals surface area contributed by atoms with Crippen molar-refractivity contribution in [1.29, 1.82) is 0 Å². The van der Waals surface area contributed by atoms with E-state index in [4.69, 9.17) is 4.74 Å². The average molecular weight is 478 g/mol. The zero-order chi connectivity index (χ0) is 24.8. The molecule has 0 spiro atoms. The predicted octanol–water partition coefficient (Wildman–Crippen LogP) is 2.80. The van der Waals surface area contributed by atoms with Crippen LogP contribution in [0.3, 0.4) is 0 Å². The first-order valence-electron chi connectivity index (χ1n) is 11.5. The van der Waals surface area contributed by atoms with Gasteiger partial charge in [-0.2, -0.15) is 0 Å². The van der Waals surface area contributed by atoms with E-state index in [0.717, 1.165) is 22.3 Å². The molecule has 0 aliphatic heterocycles. The van der Waals surface area contributed by atoms with Gasteiger partial charge in [0.15, 0.2) is 5.69 Å². The molecule has 10 heteroatoms. The van der Waals surface area contributed by atoms with Crippen molar-refractivity contribution in [2.75, 3.05) is 13.2 Å². The molecular weight excluding hydrogens is 450 g/mol. The number of aliphatic carboxylic acids is 1. The molecule has 2 aromatic carbocycles. The van der Waals surface area contributed by atoms with Gasteiger partial charge in [-0.1, -0.05) is 67.1 Å². The molecule has 3 aromatic rings. The summed E-state index contributed by atoms with van der Waals surface area (Å²) in [4.78, 5) is 35.7. The van der Waals surface area contributed by atoms with Gasteiger partial charge in [-0.3, -0.25) is 4.79 Å². The highest BCUT2D eigenvalue weighted by Gasteiger charge is 2.29. The van der Waals surface area contributed by atoms with E-state index in [1.807, 2.05) is 31.2 Å². The largest absolute Gasteiger partial charge is 0.480 e. The van der Waals surface area contributed by atoms with Crippen LogP contribution >= 0.6 is 0 Å². The second kappa shape index (κ2) is 10.8. The summed E-state index contributed by atoms with van der Waals surface area (Å²) in [7, 11) is 0. The maximum Gasteiger partial charge on any atom is 0.407 e. The fourth-order valence-corrected chi connectivity index (χ4v) is 4.21. The van der Waals surface area contributed by atoms with Crippen molar-refractivity contribution in [3.63, 3.8) is 0 Å². The van der Waals surface area contributed by atoms with Crippen molar-refractivity contribution in [1.82, 2.24) is 25.6 Å². The number of fused-ring (bicyclic) bond motifs is 3. The number of hydrogen-bond donors (Lipinski definition) is 3. The zero-order valence-corrected chi connectivity index (χ0v) is 19.3. The third-order valence-corrected chi connectivity index (χ3v) is 5.91. The third kappa shape index (κ3) is 5.48. The van der Waals surface area contributed by atoms with Gasteiger partial charge in [0.05, 0.1) is 12.7 Å². The fraction of sp³-hybridized carbons (Fsp3) is 0.320. The van der Waals surface area contributed by atoms with Gasteiger partial charge in [-0.25, -0.2) is 14.3 Å². The summed E-state index contributed by atoms with van der Waals surface area (Å²) in [6, 6.07) is 15.3. The maximum atomic E-state index is 12.3. The van der Waals surface area contributed by atoms with E-state index in [1.54, 1.807) is 0 Å². The fourth-order valence-electron chi connectivity index (χ4n) is 4.21. The number of rotatable bonds is 10. The van der Waals surface area contributed by atoms with Crippen LogP contribution in [0.15, 0.2) is 54.7 Å². The lowest BCUT2D eigenvalue weighted by Gasteiger charge is -2.14. The van der Waals surface area contributed by atoms with Crippen LogP contribution in [0.25, 0.3) is 11.1 Å². The van der Waals surface area contributed by atoms with Crippen LogP contribution in [-0.2, 0) is 16.1 Å². The molecule has 0 saturated carbocycles. The first-order valence-corrected chi connectivity index (χ1v) is 11.5. The molecule has 0 bridgehead atoms. The summed E-state index contributed by atoms with van der Waals surface area (Å²) in [5.41, 5.74) is 4.60. The SMILES string of the molecule is CCC[C@@H](NC(=O)c1cn(CCNC(=O)OCC2c3ccccc3-c3ccccc32)nn1)C(=O)O. The van der Waals surface area contributed by atoms with Gasteiger partial charge in [-0.15, -0.1) is 5.10 Å². The molecule has 1 atom stereocenters. The zero-order valence-electron chi connectivity index (χ0n) is 19.3. The van der Waals surface area contributed by atoms with Crippen molar-refractivity contribution in [3.8, 4) is 11.1 Å². The molecule has 1 aliphatic rings. The quantitative estimate of drug-likeness (QED) is 0.409. The molecule has 0 radical (unpaired) electrons. The summed E-state index contributed by atoms with van der Waals surface area (Å²) in [6.45, 7) is 2.54. The van der Waals surface area contributed by atoms with Crippen molar-refractivity contribution in [3.05, 3.63) is 71.5 Å². The number of alkyl carbamates (subject to hydrolysis) is 1. The number of carbonyl (C=O) groups is 3. The summed E-state index contributed by atoms with van der Waals surface area (Å²) < 4.78 is 6.89. The summed E-state index contributed by atoms with van der Waals surface area (Å²) in [6.07, 6.45) is 1.79. The summed E-state index contributed by atoms with van der Waals surface area (Å²) in [5.74, 6) is -1.73. The Morgan fingerprint density at radius 3 is 2.37 bits per heavy atom. The van der Waals surface area contributed by atoms with Crippen molar-refractivity contribution >= 4 is 18.0 Å². The highest BCUT2D eigenvalue weighted by molar-refractivity contribution is 5.94. The van der Waals surface area contributed by atoms with Gasteiger partial charge >= 0.3 is 12.1 Å². The van der Waals surface area contributed by atoms with Crippen LogP contribution < -0.4 is 10.6 Å². The van der Waals surface area contributed by atoms with E-state index in [9.17, 15) is 19.5 Å². The Balaban J connectivity index is 1.25. The van der Waals surface area contributed by atoms with E-state index in [2.05, 4.69) is 45.2 Å². The van der Waals surface area contributed by atoms with Gasteiger partial charge in [0, 0.05) is 12.5 Å². The highest BCUT2D eigenvalue weighted by Crippen LogP contribution is 2.44. The van der Waals surface area contributed by atoms with Crippen LogP contribution in [-0.4, -0.2) is 57.3 Å². The Morgan fingerprint density at radius 1 is 1.09 bits per heavy atom. The van der Waals surface area contributed by atoms with E-state index in [-0.39, 0.29) is 31.3 Å². The van der Waals surface area contributed by atoms with E-state index in [1.165, 1.54) is 10.9 Å². The minimum Gasteiger partial charge on any atom is -0.480 e. The van der Waals surface area contributed by atoms with Crippen LogP contribution in [0.4, 0.5) is 4.79 Å². The van der Waals surface area contributed by atoms with Gasteiger partial charge in [0.1, 0.15) is 12.6 Å². The predicted molar refractivity (Wildman–Crippen MR) is 127 cm³/mol. The molecule has 1 aromatic heterocycles. The van der Waals surface area contributed by atoms with Gasteiger partial charge in [-0.05, 0) is 28.7 Å². The molecule has 0 unspecified atom stereocenters. The Kier molecular flexibility index (Phi) is 7.39. The molecule has 2 amide bonds. The van der Waals surface area contributed by atoms with Crippen LogP contribution in [0.5, 0.6) is 0 Å². The number of nitrogens with one attached hydrogen (secondary N) is 2. The molecule has 1 heterocycles. The molecule has 10 nitrogen and oxygen atoms in total. The standard InChI is InChI=1S/C25H27N5O5/c1-2-7-21(24(32)33)27-23(31)22-14-30(29-28-22)13-12-26-25(34)35-15-20-18-10-5-3-8-16(18)17-9-4-6-11-19(17)20/h3-6,8-11,14,20-21H,2,7,12-13,15H2,1H3,(H,26,34)(H,27,31)(H,32,33)/t21-/m1/s1. The van der Waals surface area contributed by atoms with Gasteiger partial charge in [0.25, 0.3) is 5.91 Å². The number of hydrogen-bond acceptors (Lipinski definition) is 6. The van der Waals surface area contributed by atoms with Crippen molar-refractivity contribution in [2.24, 2.45) is 0 Å². The number of aromatic nitrogens is 3. The number of benzene rings is 2. The normalized spacial score (nSPS) is 12.9. The van der Waals surface area contributed by atoms with Crippen molar-refractivity contribution < 1.29 is 24.2 Å². The van der Waals surface area contributed by atoms with Crippen LogP contribution in [0.2, 0.25) is 0 Å². The van der Waals surface area contributed by atoms with Gasteiger partial charge in [0.2, 0.25) is 0 Å². The van der Waals surface area contributed by atoms with Crippen LogP contribution in [0.1, 0.15) is 47.3 Å². The van der Waals surface area contributed by atoms with E-state index in [0.29, 0.717) is 12.8 Å². The Hall–Kier alpha value is -4.21. The first-order chi connectivity index (χ1) is 17.0. The lowest BCUT2D eigenvalue weighted by molar-refractivity contribution is -0.139. The number of carboxylic acid groups (broad SMARTS) is 1. The smallest absolute Gasteiger partial charge is 0.407 e. The lowest BCUT2D eigenvalue weighted by Crippen LogP contribution is -2.40. The molecule has 0 fully saturated rings. The second-order valence-electron chi connectivity index (χ2n) is 8.27. The average Bonchev–Trinajstić information content (AvgIpc) is 3.45. The lowest BCUT2D eigenvalue weighted by atomic mass is 9.98. The van der Waals surface area contributed by atoms with E-state index < -0.39 is 24.0 Å². The monoisotopic (exact) mass is 477 g/mol. The van der Waals surface area contributed by atoms with Crippen LogP contribution in [0, 0.1) is 0 Å². The number of nitrogens with zero attached hydrogens (tertiary/aromatic N) is 3. The molecule has 182 valence electrons. The molecule has 3 N–H and O–H groups in total. The minimum absolute atomic E-state index is 0.00786. The minimum atomic E-state index is -1.10. The Labute approximate surface area is 202 Å². The maximum absolute atomic E-state index is 12.3. The summed E-state index contributed by atoms with van der Waals surface area (Å²) in [5, 5.41) is 21.9. The topological polar surface area (TPSA) is 135 Å². The number of amides is 2. The van der Waals surface area contributed by atoms with Gasteiger partial charge < -0.3 is 20.5 Å². The molecular formula is C25H27N5O5. The number of ether oxygens (including phenoxy) is 1. The Morgan fingerprint density at radius 2 is 1.74 bits per heavy atom. The number of carbonyl (C=O) groups excluding carboxylic acids is 2. The Bertz CT molecular complexity index is 1180. The van der Waals surface area contributed by atoms with E-state index >= 15 is 0 Å².